The molecular weight excluding hydrogens is 224 g/mol. The molecule has 1 aliphatic heterocycles. The van der Waals surface area contributed by atoms with Crippen LogP contribution in [-0.4, -0.2) is 37.2 Å². The molecule has 100 valence electrons. The van der Waals surface area contributed by atoms with Gasteiger partial charge >= 0.3 is 0 Å². The summed E-state index contributed by atoms with van der Waals surface area (Å²) in [6.07, 6.45) is 2.61. The van der Waals surface area contributed by atoms with E-state index in [0.717, 1.165) is 39.1 Å². The van der Waals surface area contributed by atoms with Crippen molar-refractivity contribution in [3.63, 3.8) is 0 Å². The quantitative estimate of drug-likeness (QED) is 0.863. The van der Waals surface area contributed by atoms with Gasteiger partial charge in [-0.1, -0.05) is 31.2 Å². The molecule has 1 heterocycles. The van der Waals surface area contributed by atoms with Gasteiger partial charge in [-0.3, -0.25) is 4.90 Å². The van der Waals surface area contributed by atoms with Crippen molar-refractivity contribution in [2.45, 2.75) is 32.4 Å². The van der Waals surface area contributed by atoms with E-state index in [-0.39, 0.29) is 0 Å². The molecule has 1 saturated heterocycles. The largest absolute Gasteiger partial charge is 0.376 e. The molecule has 0 aliphatic carbocycles. The number of morpholine rings is 1. The van der Waals surface area contributed by atoms with Crippen molar-refractivity contribution in [3.8, 4) is 0 Å². The van der Waals surface area contributed by atoms with Crippen molar-refractivity contribution in [1.82, 2.24) is 4.90 Å². The van der Waals surface area contributed by atoms with Crippen LogP contribution in [0, 0.1) is 0 Å². The number of rotatable bonds is 5. The molecule has 1 fully saturated rings. The first-order chi connectivity index (χ1) is 8.83. The topological polar surface area (TPSA) is 38.5 Å². The van der Waals surface area contributed by atoms with Gasteiger partial charge < -0.3 is 10.5 Å². The van der Waals surface area contributed by atoms with Gasteiger partial charge in [-0.2, -0.15) is 0 Å². The molecule has 2 rings (SSSR count). The summed E-state index contributed by atoms with van der Waals surface area (Å²) in [6, 6.07) is 8.49. The van der Waals surface area contributed by atoms with Crippen molar-refractivity contribution < 1.29 is 4.74 Å². The molecular formula is C15H24N2O. The second-order valence-corrected chi connectivity index (χ2v) is 4.92. The highest BCUT2D eigenvalue weighted by molar-refractivity contribution is 5.27. The zero-order chi connectivity index (χ0) is 12.8. The summed E-state index contributed by atoms with van der Waals surface area (Å²) in [5.41, 5.74) is 8.43. The Morgan fingerprint density at radius 3 is 2.83 bits per heavy atom. The SMILES string of the molecule is CCC1CN(CCc2ccccc2CN)CCO1. The smallest absolute Gasteiger partial charge is 0.0700 e. The van der Waals surface area contributed by atoms with Crippen LogP contribution in [0.25, 0.3) is 0 Å². The fourth-order valence-corrected chi connectivity index (χ4v) is 2.51. The minimum Gasteiger partial charge on any atom is -0.376 e. The van der Waals surface area contributed by atoms with Crippen LogP contribution in [0.4, 0.5) is 0 Å². The molecule has 0 saturated carbocycles. The third-order valence-corrected chi connectivity index (χ3v) is 3.71. The third-order valence-electron chi connectivity index (χ3n) is 3.71. The number of ether oxygens (including phenoxy) is 1. The number of hydrogen-bond acceptors (Lipinski definition) is 3. The molecule has 18 heavy (non-hydrogen) atoms. The third kappa shape index (κ3) is 3.55. The first-order valence-electron chi connectivity index (χ1n) is 6.94. The summed E-state index contributed by atoms with van der Waals surface area (Å²) in [5, 5.41) is 0. The maximum Gasteiger partial charge on any atom is 0.0700 e. The van der Waals surface area contributed by atoms with Gasteiger partial charge in [0.05, 0.1) is 12.7 Å². The van der Waals surface area contributed by atoms with Crippen molar-refractivity contribution in [2.75, 3.05) is 26.2 Å². The summed E-state index contributed by atoms with van der Waals surface area (Å²) in [7, 11) is 0. The molecule has 1 unspecified atom stereocenters. The van der Waals surface area contributed by atoms with E-state index in [0.29, 0.717) is 12.6 Å². The van der Waals surface area contributed by atoms with Gasteiger partial charge in [0.2, 0.25) is 0 Å². The maximum absolute atomic E-state index is 5.77. The molecule has 0 radical (unpaired) electrons. The average Bonchev–Trinajstić information content (AvgIpc) is 2.45. The van der Waals surface area contributed by atoms with Gasteiger partial charge in [0.25, 0.3) is 0 Å². The van der Waals surface area contributed by atoms with Crippen LogP contribution >= 0.6 is 0 Å². The van der Waals surface area contributed by atoms with Crippen LogP contribution in [0.1, 0.15) is 24.5 Å². The molecule has 2 N–H and O–H groups in total. The summed E-state index contributed by atoms with van der Waals surface area (Å²) < 4.78 is 5.69. The molecule has 1 aliphatic rings. The lowest BCUT2D eigenvalue weighted by atomic mass is 10.0. The van der Waals surface area contributed by atoms with E-state index in [2.05, 4.69) is 36.1 Å². The maximum atomic E-state index is 5.77. The van der Waals surface area contributed by atoms with Gasteiger partial charge in [-0.05, 0) is 24.0 Å². The molecule has 0 spiro atoms. The summed E-state index contributed by atoms with van der Waals surface area (Å²) >= 11 is 0. The fraction of sp³-hybridized carbons (Fsp3) is 0.600. The lowest BCUT2D eigenvalue weighted by Gasteiger charge is -2.32. The van der Waals surface area contributed by atoms with Crippen LogP contribution in [0.2, 0.25) is 0 Å². The molecule has 0 aromatic heterocycles. The molecule has 1 atom stereocenters. The monoisotopic (exact) mass is 248 g/mol. The molecule has 1 aromatic carbocycles. The minimum atomic E-state index is 0.420. The van der Waals surface area contributed by atoms with Crippen molar-refractivity contribution in [1.29, 1.82) is 0 Å². The van der Waals surface area contributed by atoms with E-state index in [1.54, 1.807) is 0 Å². The van der Waals surface area contributed by atoms with E-state index in [9.17, 15) is 0 Å². The Labute approximate surface area is 110 Å². The first-order valence-corrected chi connectivity index (χ1v) is 6.94. The molecule has 0 bridgehead atoms. The number of nitrogens with two attached hydrogens (primary N) is 1. The van der Waals surface area contributed by atoms with Crippen LogP contribution in [-0.2, 0) is 17.7 Å². The van der Waals surface area contributed by atoms with Gasteiger partial charge in [0.15, 0.2) is 0 Å². The molecule has 1 aromatic rings. The number of benzene rings is 1. The van der Waals surface area contributed by atoms with Crippen molar-refractivity contribution in [3.05, 3.63) is 35.4 Å². The Hall–Kier alpha value is -0.900. The van der Waals surface area contributed by atoms with Crippen LogP contribution in [0.3, 0.4) is 0 Å². The molecule has 0 amide bonds. The van der Waals surface area contributed by atoms with Crippen LogP contribution < -0.4 is 5.73 Å². The zero-order valence-corrected chi connectivity index (χ0v) is 11.3. The van der Waals surface area contributed by atoms with Crippen molar-refractivity contribution in [2.24, 2.45) is 5.73 Å². The summed E-state index contributed by atoms with van der Waals surface area (Å²) in [4.78, 5) is 2.50. The van der Waals surface area contributed by atoms with E-state index in [1.807, 2.05) is 0 Å². The van der Waals surface area contributed by atoms with E-state index >= 15 is 0 Å². The first kappa shape index (κ1) is 13.5. The Morgan fingerprint density at radius 2 is 2.11 bits per heavy atom. The lowest BCUT2D eigenvalue weighted by Crippen LogP contribution is -2.43. The second kappa shape index (κ2) is 6.88. The van der Waals surface area contributed by atoms with Gasteiger partial charge in [-0.25, -0.2) is 0 Å². The Kier molecular flexibility index (Phi) is 5.17. The standard InChI is InChI=1S/C15H24N2O/c1-2-15-12-17(9-10-18-15)8-7-13-5-3-4-6-14(13)11-16/h3-6,15H,2,7-12,16H2,1H3. The summed E-state index contributed by atoms with van der Waals surface area (Å²) in [6.45, 7) is 6.94. The Balaban J connectivity index is 1.87. The lowest BCUT2D eigenvalue weighted by molar-refractivity contribution is -0.0291. The zero-order valence-electron chi connectivity index (χ0n) is 11.3. The predicted octanol–water partition coefficient (Wildman–Crippen LogP) is 1.80. The highest BCUT2D eigenvalue weighted by Gasteiger charge is 2.18. The van der Waals surface area contributed by atoms with Gasteiger partial charge in [0, 0.05) is 26.2 Å². The fourth-order valence-electron chi connectivity index (χ4n) is 2.51. The average molecular weight is 248 g/mol. The van der Waals surface area contributed by atoms with Crippen LogP contribution in [0.15, 0.2) is 24.3 Å². The highest BCUT2D eigenvalue weighted by Crippen LogP contribution is 2.12. The predicted molar refractivity (Wildman–Crippen MR) is 74.5 cm³/mol. The highest BCUT2D eigenvalue weighted by atomic mass is 16.5. The Bertz CT molecular complexity index is 367. The second-order valence-electron chi connectivity index (χ2n) is 4.92. The Morgan fingerprint density at radius 1 is 1.33 bits per heavy atom. The number of nitrogens with zero attached hydrogens (tertiary/aromatic N) is 1. The minimum absolute atomic E-state index is 0.420. The van der Waals surface area contributed by atoms with E-state index in [1.165, 1.54) is 11.1 Å². The van der Waals surface area contributed by atoms with Crippen LogP contribution in [0.5, 0.6) is 0 Å². The van der Waals surface area contributed by atoms with E-state index in [4.69, 9.17) is 10.5 Å². The summed E-state index contributed by atoms with van der Waals surface area (Å²) in [5.74, 6) is 0. The van der Waals surface area contributed by atoms with Gasteiger partial charge in [-0.15, -0.1) is 0 Å². The van der Waals surface area contributed by atoms with Gasteiger partial charge in [0.1, 0.15) is 0 Å². The number of hydrogen-bond donors (Lipinski definition) is 1. The molecule has 3 nitrogen and oxygen atoms in total. The normalized spacial score (nSPS) is 21.1. The van der Waals surface area contributed by atoms with Crippen molar-refractivity contribution >= 4 is 0 Å². The molecule has 3 heteroatoms. The van der Waals surface area contributed by atoms with E-state index < -0.39 is 0 Å².